The van der Waals surface area contributed by atoms with Crippen molar-refractivity contribution in [2.45, 2.75) is 302 Å². The monoisotopic (exact) mass is 763 g/mol. The van der Waals surface area contributed by atoms with Crippen molar-refractivity contribution in [2.75, 3.05) is 19.8 Å². The number of hydrogen-bond donors (Lipinski definition) is 1. The molecule has 0 aliphatic heterocycles. The van der Waals surface area contributed by atoms with Crippen LogP contribution < -0.4 is 0 Å². The number of aliphatic hydroxyl groups is 1. The van der Waals surface area contributed by atoms with Gasteiger partial charge in [0.25, 0.3) is 0 Å². The van der Waals surface area contributed by atoms with Crippen LogP contribution in [0, 0.1) is 5.92 Å². The van der Waals surface area contributed by atoms with Gasteiger partial charge in [-0.25, -0.2) is 0 Å². The number of unbranched alkanes of at least 4 members (excludes halogenated alkanes) is 38. The van der Waals surface area contributed by atoms with E-state index in [-0.39, 0.29) is 18.8 Å². The summed E-state index contributed by atoms with van der Waals surface area (Å²) in [6.45, 7) is 6.65. The van der Waals surface area contributed by atoms with Gasteiger partial charge in [-0.1, -0.05) is 258 Å². The number of aliphatic hydroxyl groups excluding tert-OH is 1. The van der Waals surface area contributed by atoms with Crippen LogP contribution in [0.4, 0.5) is 0 Å². The molecule has 0 aromatic carbocycles. The second-order valence-corrected chi connectivity index (χ2v) is 18.2. The topological polar surface area (TPSA) is 38.7 Å². The van der Waals surface area contributed by atoms with Gasteiger partial charge < -0.3 is 14.6 Å². The summed E-state index contributed by atoms with van der Waals surface area (Å²) in [4.78, 5) is 0. The number of ether oxygens (including phenoxy) is 2. The molecule has 1 N–H and O–H groups in total. The Morgan fingerprint density at radius 2 is 0.500 bits per heavy atom. The Labute approximate surface area is 341 Å². The highest BCUT2D eigenvalue weighted by Gasteiger charge is 2.29. The molecular weight excluding hydrogens is 661 g/mol. The van der Waals surface area contributed by atoms with Crippen LogP contribution in [-0.4, -0.2) is 37.1 Å². The quantitative estimate of drug-likeness (QED) is 0.0628. The van der Waals surface area contributed by atoms with Crippen molar-refractivity contribution in [3.05, 3.63) is 0 Å². The molecule has 0 radical (unpaired) electrons. The van der Waals surface area contributed by atoms with Gasteiger partial charge in [-0.3, -0.25) is 0 Å². The SMILES string of the molecule is CCCCCCCCCCCCCCCCCCCCCCOC1CC(CO)CC(OCCCCCCCCCCCCCCCCCCCCCC)C1. The van der Waals surface area contributed by atoms with Gasteiger partial charge in [0, 0.05) is 19.8 Å². The zero-order chi connectivity index (χ0) is 38.7. The van der Waals surface area contributed by atoms with E-state index in [1.165, 1.54) is 257 Å². The second-order valence-electron chi connectivity index (χ2n) is 18.2. The fourth-order valence-electron chi connectivity index (χ4n) is 8.96. The van der Waals surface area contributed by atoms with Crippen LogP contribution in [0.5, 0.6) is 0 Å². The molecule has 0 aromatic heterocycles. The highest BCUT2D eigenvalue weighted by Crippen LogP contribution is 2.29. The summed E-state index contributed by atoms with van der Waals surface area (Å²) in [5.74, 6) is 0.346. The molecule has 0 saturated heterocycles. The van der Waals surface area contributed by atoms with E-state index in [0.29, 0.717) is 5.92 Å². The van der Waals surface area contributed by atoms with Gasteiger partial charge in [0.05, 0.1) is 12.2 Å². The van der Waals surface area contributed by atoms with Crippen LogP contribution in [-0.2, 0) is 9.47 Å². The lowest BCUT2D eigenvalue weighted by Crippen LogP contribution is -2.35. The first-order valence-corrected chi connectivity index (χ1v) is 25.6. The van der Waals surface area contributed by atoms with Crippen LogP contribution in [0.2, 0.25) is 0 Å². The molecule has 1 aliphatic carbocycles. The van der Waals surface area contributed by atoms with Gasteiger partial charge >= 0.3 is 0 Å². The van der Waals surface area contributed by atoms with Crippen molar-refractivity contribution in [3.8, 4) is 0 Å². The summed E-state index contributed by atoms with van der Waals surface area (Å²) >= 11 is 0. The summed E-state index contributed by atoms with van der Waals surface area (Å²) in [6, 6.07) is 0. The number of hydrogen-bond acceptors (Lipinski definition) is 3. The van der Waals surface area contributed by atoms with Crippen molar-refractivity contribution >= 4 is 0 Å². The molecule has 0 aromatic rings. The van der Waals surface area contributed by atoms with Gasteiger partial charge in [0.15, 0.2) is 0 Å². The van der Waals surface area contributed by atoms with Gasteiger partial charge in [0.1, 0.15) is 0 Å². The molecule has 54 heavy (non-hydrogen) atoms. The first-order valence-electron chi connectivity index (χ1n) is 25.6. The van der Waals surface area contributed by atoms with E-state index in [1.807, 2.05) is 0 Å². The Bertz CT molecular complexity index is 628. The van der Waals surface area contributed by atoms with Crippen LogP contribution in [0.1, 0.15) is 290 Å². The summed E-state index contributed by atoms with van der Waals surface area (Å²) in [7, 11) is 0. The van der Waals surface area contributed by atoms with E-state index in [4.69, 9.17) is 9.47 Å². The molecule has 324 valence electrons. The standard InChI is InChI=1S/C51H102O3/c1-3-5-7-9-11-13-15-17-19-21-23-25-27-29-31-33-35-37-39-41-43-53-50-45-49(48-52)46-51(47-50)54-44-42-40-38-36-34-32-30-28-26-24-22-20-18-16-14-12-10-8-6-4-2/h49-52H,3-48H2,1-2H3. The van der Waals surface area contributed by atoms with Crippen molar-refractivity contribution in [1.82, 2.24) is 0 Å². The van der Waals surface area contributed by atoms with Gasteiger partial charge in [-0.15, -0.1) is 0 Å². The molecule has 3 heteroatoms. The average molecular weight is 763 g/mol. The first-order chi connectivity index (χ1) is 26.8. The molecule has 0 amide bonds. The van der Waals surface area contributed by atoms with E-state index in [9.17, 15) is 5.11 Å². The van der Waals surface area contributed by atoms with E-state index < -0.39 is 0 Å². The van der Waals surface area contributed by atoms with Gasteiger partial charge in [-0.2, -0.15) is 0 Å². The summed E-state index contributed by atoms with van der Waals surface area (Å²) in [5.41, 5.74) is 0. The largest absolute Gasteiger partial charge is 0.396 e. The highest BCUT2D eigenvalue weighted by atomic mass is 16.5. The fourth-order valence-corrected chi connectivity index (χ4v) is 8.96. The zero-order valence-electron chi connectivity index (χ0n) is 37.5. The molecule has 0 bridgehead atoms. The Balaban J connectivity index is 1.83. The molecule has 1 fully saturated rings. The van der Waals surface area contributed by atoms with Crippen LogP contribution in [0.25, 0.3) is 0 Å². The maximum Gasteiger partial charge on any atom is 0.0603 e. The minimum absolute atomic E-state index is 0.274. The van der Waals surface area contributed by atoms with E-state index in [0.717, 1.165) is 32.5 Å². The third-order valence-electron chi connectivity index (χ3n) is 12.7. The Hall–Kier alpha value is -0.120. The normalized spacial score (nSPS) is 17.5. The summed E-state index contributed by atoms with van der Waals surface area (Å²) < 4.78 is 12.7. The molecule has 0 heterocycles. The lowest BCUT2D eigenvalue weighted by atomic mass is 9.85. The Morgan fingerprint density at radius 1 is 0.296 bits per heavy atom. The third-order valence-corrected chi connectivity index (χ3v) is 12.7. The highest BCUT2D eigenvalue weighted by molar-refractivity contribution is 4.80. The molecule has 2 atom stereocenters. The Kier molecular flexibility index (Phi) is 42.3. The minimum atomic E-state index is 0.274. The van der Waals surface area contributed by atoms with Crippen LogP contribution in [0.15, 0.2) is 0 Å². The van der Waals surface area contributed by atoms with Crippen LogP contribution >= 0.6 is 0 Å². The fraction of sp³-hybridized carbons (Fsp3) is 1.00. The molecule has 3 nitrogen and oxygen atoms in total. The molecule has 1 saturated carbocycles. The molecule has 1 aliphatic rings. The third kappa shape index (κ3) is 37.5. The lowest BCUT2D eigenvalue weighted by molar-refractivity contribution is -0.0694. The van der Waals surface area contributed by atoms with E-state index in [1.54, 1.807) is 0 Å². The summed E-state index contributed by atoms with van der Waals surface area (Å²) in [5, 5.41) is 9.91. The van der Waals surface area contributed by atoms with Crippen molar-refractivity contribution < 1.29 is 14.6 Å². The number of rotatable bonds is 45. The van der Waals surface area contributed by atoms with Crippen molar-refractivity contribution in [1.29, 1.82) is 0 Å². The minimum Gasteiger partial charge on any atom is -0.396 e. The zero-order valence-corrected chi connectivity index (χ0v) is 37.5. The van der Waals surface area contributed by atoms with Crippen molar-refractivity contribution in [2.24, 2.45) is 5.92 Å². The molecular formula is C51H102O3. The second kappa shape index (κ2) is 44.0. The molecule has 1 rings (SSSR count). The predicted molar refractivity (Wildman–Crippen MR) is 240 cm³/mol. The van der Waals surface area contributed by atoms with E-state index >= 15 is 0 Å². The maximum atomic E-state index is 9.91. The van der Waals surface area contributed by atoms with Crippen molar-refractivity contribution in [3.63, 3.8) is 0 Å². The van der Waals surface area contributed by atoms with Crippen LogP contribution in [0.3, 0.4) is 0 Å². The molecule has 2 unspecified atom stereocenters. The maximum absolute atomic E-state index is 9.91. The molecule has 0 spiro atoms. The predicted octanol–water partition coefficient (Wildman–Crippen LogP) is 17.2. The van der Waals surface area contributed by atoms with Gasteiger partial charge in [0.2, 0.25) is 0 Å². The first kappa shape index (κ1) is 51.9. The summed E-state index contributed by atoms with van der Waals surface area (Å²) in [6.07, 6.45) is 60.4. The Morgan fingerprint density at radius 3 is 0.704 bits per heavy atom. The smallest absolute Gasteiger partial charge is 0.0603 e. The lowest BCUT2D eigenvalue weighted by Gasteiger charge is -2.34. The van der Waals surface area contributed by atoms with E-state index in [2.05, 4.69) is 13.8 Å². The van der Waals surface area contributed by atoms with Gasteiger partial charge in [-0.05, 0) is 38.0 Å². The average Bonchev–Trinajstić information content (AvgIpc) is 3.19.